The predicted octanol–water partition coefficient (Wildman–Crippen LogP) is 4.97. The van der Waals surface area contributed by atoms with Crippen molar-refractivity contribution in [3.63, 3.8) is 0 Å². The number of ether oxygens (including phenoxy) is 3. The van der Waals surface area contributed by atoms with Gasteiger partial charge in [0.15, 0.2) is 5.82 Å². The monoisotopic (exact) mass is 893 g/mol. The van der Waals surface area contributed by atoms with Crippen molar-refractivity contribution in [3.05, 3.63) is 76.6 Å². The fourth-order valence-electron chi connectivity index (χ4n) is 8.24. The molecular formula is C45H59N13O7. The number of fused-ring (bicyclic) bond motifs is 2. The highest BCUT2D eigenvalue weighted by Gasteiger charge is 2.32. The highest BCUT2D eigenvalue weighted by molar-refractivity contribution is 6.04. The van der Waals surface area contributed by atoms with Gasteiger partial charge in [-0.05, 0) is 97.3 Å². The summed E-state index contributed by atoms with van der Waals surface area (Å²) < 4.78 is 23.0. The third-order valence-corrected chi connectivity index (χ3v) is 11.4. The first-order valence-electron chi connectivity index (χ1n) is 21.9. The Balaban J connectivity index is 0.945. The smallest absolute Gasteiger partial charge is 0.410 e. The Morgan fingerprint density at radius 3 is 2.49 bits per heavy atom. The van der Waals surface area contributed by atoms with E-state index < -0.39 is 17.4 Å². The average Bonchev–Trinajstić information content (AvgIpc) is 3.99. The number of primary amides is 1. The van der Waals surface area contributed by atoms with Crippen molar-refractivity contribution < 1.29 is 33.4 Å². The lowest BCUT2D eigenvalue weighted by molar-refractivity contribution is 0.0193. The summed E-state index contributed by atoms with van der Waals surface area (Å²) in [6.45, 7) is 15.1. The molecule has 0 radical (unpaired) electrons. The molecule has 2 aromatic carbocycles. The zero-order chi connectivity index (χ0) is 46.4. The summed E-state index contributed by atoms with van der Waals surface area (Å²) in [4.78, 5) is 58.8. The molecule has 2 aliphatic heterocycles. The molecule has 65 heavy (non-hydrogen) atoms. The number of amides is 3. The van der Waals surface area contributed by atoms with Crippen LogP contribution in [0.2, 0.25) is 0 Å². The van der Waals surface area contributed by atoms with Crippen LogP contribution in [0.15, 0.2) is 42.5 Å². The van der Waals surface area contributed by atoms with Crippen LogP contribution < -0.4 is 31.6 Å². The topological polar surface area (TPSA) is 245 Å². The summed E-state index contributed by atoms with van der Waals surface area (Å²) in [6.07, 6.45) is 6.87. The second-order valence-corrected chi connectivity index (χ2v) is 17.2. The van der Waals surface area contributed by atoms with Gasteiger partial charge in [0.2, 0.25) is 11.9 Å². The molecule has 5 heterocycles. The lowest BCUT2D eigenvalue weighted by atomic mass is 9.95. The molecule has 0 spiro atoms. The molecule has 3 amide bonds. The Kier molecular flexibility index (Phi) is 14.0. The van der Waals surface area contributed by atoms with Gasteiger partial charge in [0, 0.05) is 56.3 Å². The minimum Gasteiger partial charge on any atom is -0.494 e. The minimum absolute atomic E-state index is 0.215. The molecule has 6 N–H and O–H groups in total. The summed E-state index contributed by atoms with van der Waals surface area (Å²) >= 11 is 0. The number of likely N-dealkylation sites (tertiary alicyclic amines) is 1. The Hall–Kier alpha value is -6.96. The van der Waals surface area contributed by atoms with E-state index in [9.17, 15) is 19.2 Å². The molecule has 2 aliphatic rings. The summed E-state index contributed by atoms with van der Waals surface area (Å²) in [7, 11) is 1.48. The number of anilines is 3. The van der Waals surface area contributed by atoms with Gasteiger partial charge in [0.05, 0.1) is 37.2 Å². The van der Waals surface area contributed by atoms with E-state index >= 15 is 0 Å². The number of allylic oxidation sites excluding steroid dienone is 1. The zero-order valence-corrected chi connectivity index (χ0v) is 37.9. The number of imidazole rings is 1. The van der Waals surface area contributed by atoms with E-state index in [1.54, 1.807) is 44.5 Å². The van der Waals surface area contributed by atoms with E-state index in [-0.39, 0.29) is 24.1 Å². The second-order valence-electron chi connectivity index (χ2n) is 17.2. The number of rotatable bonds is 17. The minimum atomic E-state index is -0.640. The van der Waals surface area contributed by atoms with Crippen LogP contribution in [0.1, 0.15) is 101 Å². The van der Waals surface area contributed by atoms with E-state index in [1.807, 2.05) is 46.8 Å². The van der Waals surface area contributed by atoms with E-state index in [1.165, 1.54) is 7.11 Å². The maximum atomic E-state index is 13.5. The molecule has 7 rings (SSSR count). The first-order valence-corrected chi connectivity index (χ1v) is 21.9. The van der Waals surface area contributed by atoms with E-state index in [2.05, 4.69) is 40.4 Å². The Bertz CT molecular complexity index is 2580. The van der Waals surface area contributed by atoms with Gasteiger partial charge in [-0.15, -0.1) is 10.2 Å². The molecule has 1 fully saturated rings. The largest absolute Gasteiger partial charge is 0.494 e. The van der Waals surface area contributed by atoms with Crippen molar-refractivity contribution in [1.29, 1.82) is 0 Å². The Labute approximate surface area is 377 Å². The number of nitrogens with zero attached hydrogens (tertiary/aromatic N) is 9. The standard InChI is InChI=1S/C45H59N13O7/c1-7-58-34(21-28(2)53-58)42(61)50-43-49-33-24-31(40(47)60)25-36(63-6)39(33)57(43)15-9-8-13-48-38-32(46)22-29(27-59)23-35(38)64-20-10-14-54-16-11-30(12-17-54)41-52-51-37-26-55(18-19-56(37)41)44(62)65-45(3,4)5/h8-9,21-25,27,30,48H,7,10-20,26,46H2,1-6H3,(H2,47,60)(H,49,50,61)/b9-8+. The summed E-state index contributed by atoms with van der Waals surface area (Å²) in [5, 5.41) is 19.7. The van der Waals surface area contributed by atoms with Gasteiger partial charge in [-0.25, -0.2) is 9.78 Å². The number of carbonyl (C=O) groups excluding carboxylic acids is 4. The van der Waals surface area contributed by atoms with Gasteiger partial charge in [0.1, 0.15) is 46.1 Å². The van der Waals surface area contributed by atoms with E-state index in [0.717, 1.165) is 56.8 Å². The van der Waals surface area contributed by atoms with Gasteiger partial charge in [-0.3, -0.25) is 29.3 Å². The van der Waals surface area contributed by atoms with Gasteiger partial charge < -0.3 is 45.0 Å². The number of aryl methyl sites for hydroxylation is 2. The van der Waals surface area contributed by atoms with Crippen LogP contribution in [0.4, 0.5) is 22.1 Å². The lowest BCUT2D eigenvalue weighted by Gasteiger charge is -2.33. The number of carbonyl (C=O) groups is 4. The highest BCUT2D eigenvalue weighted by Crippen LogP contribution is 2.34. The number of aromatic nitrogens is 7. The molecule has 0 aliphatic carbocycles. The van der Waals surface area contributed by atoms with Crippen molar-refractivity contribution in [2.24, 2.45) is 5.73 Å². The molecule has 20 heteroatoms. The highest BCUT2D eigenvalue weighted by atomic mass is 16.6. The fourth-order valence-corrected chi connectivity index (χ4v) is 8.24. The maximum Gasteiger partial charge on any atom is 0.410 e. The molecule has 3 aromatic heterocycles. The molecule has 346 valence electrons. The molecule has 1 saturated heterocycles. The third kappa shape index (κ3) is 10.7. The molecule has 5 aromatic rings. The SMILES string of the molecule is CCn1nc(C)cc1C(=O)Nc1nc2cc(C(N)=O)cc(OC)c2n1C/C=C/CNc1c(N)cc(C=O)cc1OCCCN1CCC(c2nnc3n2CCN(C(=O)OC(C)(C)C)C3)CC1. The molecule has 0 bridgehead atoms. The van der Waals surface area contributed by atoms with Crippen LogP contribution in [0.3, 0.4) is 0 Å². The fraction of sp³-hybridized carbons (Fsp3) is 0.467. The molecule has 0 unspecified atom stereocenters. The number of piperidine rings is 1. The summed E-state index contributed by atoms with van der Waals surface area (Å²) in [6, 6.07) is 8.09. The van der Waals surface area contributed by atoms with E-state index in [4.69, 9.17) is 25.7 Å². The summed E-state index contributed by atoms with van der Waals surface area (Å²) in [5.74, 6) is 2.11. The van der Waals surface area contributed by atoms with E-state index in [0.29, 0.717) is 96.1 Å². The number of nitrogens with two attached hydrogens (primary N) is 2. The molecular weight excluding hydrogens is 835 g/mol. The molecule has 0 saturated carbocycles. The van der Waals surface area contributed by atoms with Crippen LogP contribution in [-0.4, -0.2) is 120 Å². The number of benzene rings is 2. The predicted molar refractivity (Wildman–Crippen MR) is 244 cm³/mol. The quantitative estimate of drug-likeness (QED) is 0.0417. The van der Waals surface area contributed by atoms with Gasteiger partial charge >= 0.3 is 6.09 Å². The first kappa shape index (κ1) is 46.0. The van der Waals surface area contributed by atoms with Gasteiger partial charge in [-0.2, -0.15) is 5.10 Å². The number of methoxy groups -OCH3 is 1. The van der Waals surface area contributed by atoms with Crippen molar-refractivity contribution in [1.82, 2.24) is 43.9 Å². The number of nitrogen functional groups attached to an aromatic ring is 1. The second kappa shape index (κ2) is 19.8. The van der Waals surface area contributed by atoms with Gasteiger partial charge in [-0.1, -0.05) is 12.2 Å². The number of aldehydes is 1. The van der Waals surface area contributed by atoms with Crippen LogP contribution in [0, 0.1) is 6.92 Å². The molecule has 0 atom stereocenters. The maximum absolute atomic E-state index is 13.5. The van der Waals surface area contributed by atoms with Crippen LogP contribution in [-0.2, 0) is 30.9 Å². The Morgan fingerprint density at radius 1 is 1.00 bits per heavy atom. The number of hydrogen-bond acceptors (Lipinski definition) is 14. The van der Waals surface area contributed by atoms with Crippen LogP contribution in [0.5, 0.6) is 11.5 Å². The third-order valence-electron chi connectivity index (χ3n) is 11.4. The normalized spacial score (nSPS) is 14.7. The van der Waals surface area contributed by atoms with Gasteiger partial charge in [0.25, 0.3) is 5.91 Å². The zero-order valence-electron chi connectivity index (χ0n) is 37.9. The Morgan fingerprint density at radius 2 is 1.78 bits per heavy atom. The summed E-state index contributed by atoms with van der Waals surface area (Å²) in [5.41, 5.74) is 15.1. The van der Waals surface area contributed by atoms with Crippen LogP contribution >= 0.6 is 0 Å². The molecule has 20 nitrogen and oxygen atoms in total. The van der Waals surface area contributed by atoms with Crippen molar-refractivity contribution in [2.75, 3.05) is 62.8 Å². The average molecular weight is 894 g/mol. The van der Waals surface area contributed by atoms with Crippen molar-refractivity contribution >= 4 is 52.6 Å². The van der Waals surface area contributed by atoms with Crippen molar-refractivity contribution in [2.45, 2.75) is 91.6 Å². The lowest BCUT2D eigenvalue weighted by Crippen LogP contribution is -2.42. The number of hydrogen-bond donors (Lipinski definition) is 4. The van der Waals surface area contributed by atoms with Crippen LogP contribution in [0.25, 0.3) is 11.0 Å². The number of nitrogens with one attached hydrogen (secondary N) is 2. The van der Waals surface area contributed by atoms with Crippen molar-refractivity contribution in [3.8, 4) is 11.5 Å². The first-order chi connectivity index (χ1) is 31.2.